The Kier molecular flexibility index (Phi) is 5.12. The van der Waals surface area contributed by atoms with Crippen LogP contribution in [0.25, 0.3) is 0 Å². The van der Waals surface area contributed by atoms with Crippen molar-refractivity contribution in [3.05, 3.63) is 65.2 Å². The number of carbonyl (C=O) groups excluding carboxylic acids is 2. The number of halogens is 1. The first-order valence-corrected chi connectivity index (χ1v) is 6.69. The minimum atomic E-state index is -0.665. The molecule has 5 nitrogen and oxygen atoms in total. The molecule has 0 spiro atoms. The monoisotopic (exact) mass is 314 g/mol. The molecule has 0 heterocycles. The van der Waals surface area contributed by atoms with Gasteiger partial charge in [0.25, 0.3) is 5.24 Å². The van der Waals surface area contributed by atoms with Gasteiger partial charge in [-0.1, -0.05) is 18.2 Å². The van der Waals surface area contributed by atoms with Crippen molar-refractivity contribution in [3.8, 4) is 6.07 Å². The summed E-state index contributed by atoms with van der Waals surface area (Å²) in [4.78, 5) is 22.8. The first kappa shape index (κ1) is 15.5. The van der Waals surface area contributed by atoms with Crippen LogP contribution in [0.3, 0.4) is 0 Å². The van der Waals surface area contributed by atoms with Crippen LogP contribution >= 0.6 is 11.6 Å². The zero-order chi connectivity index (χ0) is 15.9. The van der Waals surface area contributed by atoms with E-state index in [0.717, 1.165) is 0 Å². The summed E-state index contributed by atoms with van der Waals surface area (Å²) < 4.78 is 5.05. The summed E-state index contributed by atoms with van der Waals surface area (Å²) in [6.07, 6.45) is -0.665. The van der Waals surface area contributed by atoms with Crippen molar-refractivity contribution < 1.29 is 14.3 Å². The van der Waals surface area contributed by atoms with E-state index in [0.29, 0.717) is 16.8 Å². The third-order valence-electron chi connectivity index (χ3n) is 2.76. The molecule has 0 bridgehead atoms. The van der Waals surface area contributed by atoms with Gasteiger partial charge in [-0.3, -0.25) is 10.1 Å². The van der Waals surface area contributed by atoms with Crippen molar-refractivity contribution in [2.45, 2.75) is 6.61 Å². The van der Waals surface area contributed by atoms with Crippen LogP contribution in [0.1, 0.15) is 21.5 Å². The Labute approximate surface area is 132 Å². The highest BCUT2D eigenvalue weighted by Crippen LogP contribution is 2.13. The van der Waals surface area contributed by atoms with Gasteiger partial charge >= 0.3 is 6.09 Å². The number of benzene rings is 2. The Balaban J connectivity index is 1.94. The fourth-order valence-electron chi connectivity index (χ4n) is 1.75. The van der Waals surface area contributed by atoms with Crippen LogP contribution in [-0.2, 0) is 11.3 Å². The molecule has 0 saturated carbocycles. The number of nitrogens with zero attached hydrogens (tertiary/aromatic N) is 1. The first-order chi connectivity index (χ1) is 10.6. The van der Waals surface area contributed by atoms with Crippen molar-refractivity contribution in [1.29, 1.82) is 5.26 Å². The minimum absolute atomic E-state index is 0.0372. The molecule has 0 aliphatic heterocycles. The lowest BCUT2D eigenvalue weighted by Crippen LogP contribution is -2.13. The van der Waals surface area contributed by atoms with Gasteiger partial charge in [-0.25, -0.2) is 4.79 Å². The lowest BCUT2D eigenvalue weighted by atomic mass is 10.1. The zero-order valence-electron chi connectivity index (χ0n) is 11.4. The summed E-state index contributed by atoms with van der Waals surface area (Å²) in [7, 11) is 0. The molecule has 2 aromatic carbocycles. The summed E-state index contributed by atoms with van der Waals surface area (Å²) >= 11 is 5.37. The molecule has 0 atom stereocenters. The van der Waals surface area contributed by atoms with Gasteiger partial charge < -0.3 is 4.74 Å². The van der Waals surface area contributed by atoms with Crippen LogP contribution in [0.5, 0.6) is 0 Å². The molecular weight excluding hydrogens is 304 g/mol. The molecule has 0 radical (unpaired) electrons. The van der Waals surface area contributed by atoms with E-state index in [2.05, 4.69) is 5.32 Å². The number of ether oxygens (including phenoxy) is 1. The number of hydrogen-bond donors (Lipinski definition) is 1. The van der Waals surface area contributed by atoms with E-state index in [1.807, 2.05) is 6.07 Å². The van der Waals surface area contributed by atoms with Crippen LogP contribution in [0, 0.1) is 11.3 Å². The summed E-state index contributed by atoms with van der Waals surface area (Å²) in [6.45, 7) is 0.0372. The van der Waals surface area contributed by atoms with Crippen molar-refractivity contribution in [2.24, 2.45) is 0 Å². The second-order valence-corrected chi connectivity index (χ2v) is 4.71. The van der Waals surface area contributed by atoms with Crippen molar-refractivity contribution in [3.63, 3.8) is 0 Å². The van der Waals surface area contributed by atoms with Crippen molar-refractivity contribution in [1.82, 2.24) is 0 Å². The second kappa shape index (κ2) is 7.25. The number of nitrogens with one attached hydrogen (secondary N) is 1. The van der Waals surface area contributed by atoms with Crippen molar-refractivity contribution in [2.75, 3.05) is 5.32 Å². The summed E-state index contributed by atoms with van der Waals surface area (Å²) in [5.41, 5.74) is 1.89. The molecule has 2 rings (SSSR count). The standard InChI is InChI=1S/C16H11ClN2O3/c17-15(20)13-5-2-6-14(8-13)19-16(21)22-10-12-4-1-3-11(7-12)9-18/h1-8H,10H2,(H,19,21). The van der Waals surface area contributed by atoms with Crippen LogP contribution < -0.4 is 5.32 Å². The molecule has 0 fully saturated rings. The quantitative estimate of drug-likeness (QED) is 0.873. The number of rotatable bonds is 4. The number of nitriles is 1. The molecule has 0 aliphatic rings. The van der Waals surface area contributed by atoms with E-state index in [9.17, 15) is 9.59 Å². The molecule has 0 saturated heterocycles. The second-order valence-electron chi connectivity index (χ2n) is 4.37. The van der Waals surface area contributed by atoms with Gasteiger partial charge in [0.1, 0.15) is 6.61 Å². The van der Waals surface area contributed by atoms with E-state index in [-0.39, 0.29) is 12.2 Å². The predicted octanol–water partition coefficient (Wildman–Crippen LogP) is 3.69. The van der Waals surface area contributed by atoms with Crippen LogP contribution in [0.4, 0.5) is 10.5 Å². The van der Waals surface area contributed by atoms with Crippen LogP contribution in [0.2, 0.25) is 0 Å². The lowest BCUT2D eigenvalue weighted by molar-refractivity contribution is 0.108. The van der Waals surface area contributed by atoms with Gasteiger partial charge in [0, 0.05) is 11.3 Å². The fraction of sp³-hybridized carbons (Fsp3) is 0.0625. The first-order valence-electron chi connectivity index (χ1n) is 6.31. The highest BCUT2D eigenvalue weighted by molar-refractivity contribution is 6.67. The number of carbonyl (C=O) groups is 2. The molecule has 22 heavy (non-hydrogen) atoms. The molecule has 2 aromatic rings. The number of amides is 1. The minimum Gasteiger partial charge on any atom is -0.444 e. The van der Waals surface area contributed by atoms with E-state index >= 15 is 0 Å². The van der Waals surface area contributed by atoms with Gasteiger partial charge in [-0.15, -0.1) is 0 Å². The summed E-state index contributed by atoms with van der Waals surface area (Å²) in [5.74, 6) is 0. The third-order valence-corrected chi connectivity index (χ3v) is 2.98. The van der Waals surface area contributed by atoms with E-state index < -0.39 is 11.3 Å². The normalized spacial score (nSPS) is 9.64. The fourth-order valence-corrected chi connectivity index (χ4v) is 1.87. The van der Waals surface area contributed by atoms with Gasteiger partial charge in [-0.2, -0.15) is 5.26 Å². The predicted molar refractivity (Wildman–Crippen MR) is 81.6 cm³/mol. The number of anilines is 1. The molecule has 0 aromatic heterocycles. The molecule has 1 N–H and O–H groups in total. The molecule has 0 aliphatic carbocycles. The Morgan fingerprint density at radius 1 is 1.18 bits per heavy atom. The maximum atomic E-state index is 11.7. The number of hydrogen-bond acceptors (Lipinski definition) is 4. The Bertz CT molecular complexity index is 753. The highest BCUT2D eigenvalue weighted by Gasteiger charge is 2.07. The van der Waals surface area contributed by atoms with E-state index in [1.54, 1.807) is 42.5 Å². The zero-order valence-corrected chi connectivity index (χ0v) is 12.1. The molecule has 1 amide bonds. The largest absolute Gasteiger partial charge is 0.444 e. The average molecular weight is 315 g/mol. The Hall–Kier alpha value is -2.84. The summed E-state index contributed by atoms with van der Waals surface area (Å²) in [5, 5.41) is 10.7. The SMILES string of the molecule is N#Cc1cccc(COC(=O)Nc2cccc(C(=O)Cl)c2)c1. The topological polar surface area (TPSA) is 79.2 Å². The van der Waals surface area contributed by atoms with Crippen LogP contribution in [0.15, 0.2) is 48.5 Å². The van der Waals surface area contributed by atoms with Gasteiger partial charge in [0.2, 0.25) is 0 Å². The molecule has 6 heteroatoms. The Morgan fingerprint density at radius 2 is 1.95 bits per heavy atom. The molecular formula is C16H11ClN2O3. The van der Waals surface area contributed by atoms with Gasteiger partial charge in [0.05, 0.1) is 11.6 Å². The van der Waals surface area contributed by atoms with Gasteiger partial charge in [0.15, 0.2) is 0 Å². The van der Waals surface area contributed by atoms with Gasteiger partial charge in [-0.05, 0) is 47.5 Å². The maximum absolute atomic E-state index is 11.7. The molecule has 110 valence electrons. The highest BCUT2D eigenvalue weighted by atomic mass is 35.5. The lowest BCUT2D eigenvalue weighted by Gasteiger charge is -2.08. The van der Waals surface area contributed by atoms with Crippen LogP contribution in [-0.4, -0.2) is 11.3 Å². The average Bonchev–Trinajstić information content (AvgIpc) is 2.53. The van der Waals surface area contributed by atoms with Crippen molar-refractivity contribution >= 4 is 28.6 Å². The smallest absolute Gasteiger partial charge is 0.411 e. The Morgan fingerprint density at radius 3 is 2.68 bits per heavy atom. The van der Waals surface area contributed by atoms with E-state index in [1.165, 1.54) is 6.07 Å². The third kappa shape index (κ3) is 4.33. The maximum Gasteiger partial charge on any atom is 0.411 e. The summed E-state index contributed by atoms with van der Waals surface area (Å²) in [6, 6.07) is 15.0. The van der Waals surface area contributed by atoms with E-state index in [4.69, 9.17) is 21.6 Å². The molecule has 0 unspecified atom stereocenters.